The molecule has 1 amide bonds. The van der Waals surface area contributed by atoms with Gasteiger partial charge in [0.25, 0.3) is 0 Å². The van der Waals surface area contributed by atoms with Crippen LogP contribution in [-0.4, -0.2) is 32.2 Å². The summed E-state index contributed by atoms with van der Waals surface area (Å²) in [6.07, 6.45) is 0. The van der Waals surface area contributed by atoms with Crippen LogP contribution in [0, 0.1) is 6.92 Å². The Hall–Kier alpha value is -2.67. The topological polar surface area (TPSA) is 60.1 Å². The molecule has 1 aromatic carbocycles. The molecule has 0 saturated carbocycles. The quantitative estimate of drug-likeness (QED) is 0.680. The van der Waals surface area contributed by atoms with E-state index in [0.717, 1.165) is 11.1 Å². The highest BCUT2D eigenvalue weighted by molar-refractivity contribution is 7.07. The highest BCUT2D eigenvalue weighted by Gasteiger charge is 2.16. The van der Waals surface area contributed by atoms with Crippen LogP contribution in [0.25, 0.3) is 0 Å². The molecule has 130 valence electrons. The van der Waals surface area contributed by atoms with Crippen molar-refractivity contribution in [2.75, 3.05) is 7.05 Å². The van der Waals surface area contributed by atoms with Crippen LogP contribution in [0.5, 0.6) is 0 Å². The van der Waals surface area contributed by atoms with Crippen molar-refractivity contribution in [1.29, 1.82) is 0 Å². The van der Waals surface area contributed by atoms with Crippen molar-refractivity contribution < 1.29 is 4.79 Å². The number of hydrogen-bond acceptors (Lipinski definition) is 4. The molecule has 6 nitrogen and oxygen atoms in total. The standard InChI is InChI=1S/C18H20N4O2S/c1-14-19-22(12-17(23)20(2)10-16-8-9-25-13-16)18(24)21(14)11-15-6-4-3-5-7-15/h3-9,13H,10-12H2,1-2H3. The third-order valence-corrected chi connectivity index (χ3v) is 4.73. The zero-order chi connectivity index (χ0) is 17.8. The van der Waals surface area contributed by atoms with E-state index in [1.54, 1.807) is 34.8 Å². The zero-order valence-corrected chi connectivity index (χ0v) is 15.1. The molecular formula is C18H20N4O2S. The monoisotopic (exact) mass is 356 g/mol. The summed E-state index contributed by atoms with van der Waals surface area (Å²) in [6, 6.07) is 11.7. The van der Waals surface area contributed by atoms with E-state index in [1.165, 1.54) is 4.68 Å². The summed E-state index contributed by atoms with van der Waals surface area (Å²) in [5, 5.41) is 8.23. The molecule has 3 aromatic rings. The summed E-state index contributed by atoms with van der Waals surface area (Å²) in [6.45, 7) is 2.70. The van der Waals surface area contributed by atoms with E-state index in [1.807, 2.05) is 47.2 Å². The number of aromatic nitrogens is 3. The van der Waals surface area contributed by atoms with Crippen molar-refractivity contribution in [2.24, 2.45) is 0 Å². The van der Waals surface area contributed by atoms with Crippen molar-refractivity contribution >= 4 is 17.2 Å². The lowest BCUT2D eigenvalue weighted by molar-refractivity contribution is -0.131. The number of likely N-dealkylation sites (N-methyl/N-ethyl adjacent to an activating group) is 1. The number of nitrogens with zero attached hydrogens (tertiary/aromatic N) is 4. The molecule has 0 N–H and O–H groups in total. The number of carbonyl (C=O) groups is 1. The minimum atomic E-state index is -0.265. The van der Waals surface area contributed by atoms with Gasteiger partial charge in [0, 0.05) is 13.6 Å². The number of aryl methyl sites for hydroxylation is 1. The Bertz CT molecular complexity index is 897. The van der Waals surface area contributed by atoms with Gasteiger partial charge in [-0.05, 0) is 34.9 Å². The summed E-state index contributed by atoms with van der Waals surface area (Å²) < 4.78 is 2.83. The fraction of sp³-hybridized carbons (Fsp3) is 0.278. The van der Waals surface area contributed by atoms with Crippen LogP contribution in [0.15, 0.2) is 52.0 Å². The SMILES string of the molecule is Cc1nn(CC(=O)N(C)Cc2ccsc2)c(=O)n1Cc1ccccc1. The summed E-state index contributed by atoms with van der Waals surface area (Å²) in [5.41, 5.74) is 1.84. The van der Waals surface area contributed by atoms with Crippen molar-refractivity contribution in [3.05, 3.63) is 74.6 Å². The van der Waals surface area contributed by atoms with Gasteiger partial charge in [-0.2, -0.15) is 16.4 Å². The van der Waals surface area contributed by atoms with Crippen molar-refractivity contribution in [3.8, 4) is 0 Å². The number of hydrogen-bond donors (Lipinski definition) is 0. The van der Waals surface area contributed by atoms with Crippen LogP contribution >= 0.6 is 11.3 Å². The third kappa shape index (κ3) is 4.06. The lowest BCUT2D eigenvalue weighted by Gasteiger charge is -2.15. The first-order valence-electron chi connectivity index (χ1n) is 7.98. The van der Waals surface area contributed by atoms with E-state index in [-0.39, 0.29) is 18.1 Å². The minimum absolute atomic E-state index is 0.0535. The lowest BCUT2D eigenvalue weighted by Crippen LogP contribution is -2.34. The molecule has 2 heterocycles. The van der Waals surface area contributed by atoms with Gasteiger partial charge in [-0.1, -0.05) is 30.3 Å². The maximum Gasteiger partial charge on any atom is 0.346 e. The Morgan fingerprint density at radius 3 is 2.64 bits per heavy atom. The predicted molar refractivity (Wildman–Crippen MR) is 97.6 cm³/mol. The maximum atomic E-state index is 12.6. The predicted octanol–water partition coefficient (Wildman–Crippen LogP) is 2.12. The lowest BCUT2D eigenvalue weighted by atomic mass is 10.2. The van der Waals surface area contributed by atoms with Crippen LogP contribution < -0.4 is 5.69 Å². The molecule has 0 atom stereocenters. The fourth-order valence-electron chi connectivity index (χ4n) is 2.59. The van der Waals surface area contributed by atoms with Gasteiger partial charge in [-0.25, -0.2) is 9.48 Å². The van der Waals surface area contributed by atoms with Crippen LogP contribution in [0.1, 0.15) is 17.0 Å². The summed E-state index contributed by atoms with van der Waals surface area (Å²) in [5.74, 6) is 0.458. The van der Waals surface area contributed by atoms with Crippen LogP contribution in [0.3, 0.4) is 0 Å². The molecule has 0 aliphatic rings. The maximum absolute atomic E-state index is 12.6. The van der Waals surface area contributed by atoms with Crippen molar-refractivity contribution in [2.45, 2.75) is 26.6 Å². The van der Waals surface area contributed by atoms with Crippen LogP contribution in [-0.2, 0) is 24.4 Å². The zero-order valence-electron chi connectivity index (χ0n) is 14.3. The number of benzene rings is 1. The molecule has 2 aromatic heterocycles. The van der Waals surface area contributed by atoms with Gasteiger partial charge in [0.2, 0.25) is 5.91 Å². The van der Waals surface area contributed by atoms with Gasteiger partial charge in [-0.15, -0.1) is 0 Å². The van der Waals surface area contributed by atoms with E-state index in [9.17, 15) is 9.59 Å². The van der Waals surface area contributed by atoms with Crippen molar-refractivity contribution in [3.63, 3.8) is 0 Å². The molecule has 3 rings (SSSR count). The van der Waals surface area contributed by atoms with Gasteiger partial charge < -0.3 is 4.90 Å². The van der Waals surface area contributed by atoms with E-state index in [2.05, 4.69) is 5.10 Å². The molecular weight excluding hydrogens is 336 g/mol. The number of thiophene rings is 1. The summed E-state index contributed by atoms with van der Waals surface area (Å²) in [4.78, 5) is 26.6. The number of carbonyl (C=O) groups excluding carboxylic acids is 1. The highest BCUT2D eigenvalue weighted by Crippen LogP contribution is 2.09. The average molecular weight is 356 g/mol. The number of rotatable bonds is 6. The molecule has 0 unspecified atom stereocenters. The smallest absolute Gasteiger partial charge is 0.340 e. The van der Waals surface area contributed by atoms with Gasteiger partial charge in [-0.3, -0.25) is 9.36 Å². The van der Waals surface area contributed by atoms with Gasteiger partial charge in [0.15, 0.2) is 0 Å². The van der Waals surface area contributed by atoms with E-state index >= 15 is 0 Å². The molecule has 0 aliphatic heterocycles. The highest BCUT2D eigenvalue weighted by atomic mass is 32.1. The Morgan fingerprint density at radius 2 is 1.96 bits per heavy atom. The second kappa shape index (κ2) is 7.48. The van der Waals surface area contributed by atoms with Gasteiger partial charge in [0.1, 0.15) is 12.4 Å². The molecule has 0 bridgehead atoms. The van der Waals surface area contributed by atoms with Crippen LogP contribution in [0.2, 0.25) is 0 Å². The van der Waals surface area contributed by atoms with Crippen LogP contribution in [0.4, 0.5) is 0 Å². The largest absolute Gasteiger partial charge is 0.346 e. The first-order chi connectivity index (χ1) is 12.0. The van der Waals surface area contributed by atoms with E-state index < -0.39 is 0 Å². The Kier molecular flexibility index (Phi) is 5.14. The average Bonchev–Trinajstić information content (AvgIpc) is 3.20. The molecule has 0 aliphatic carbocycles. The first-order valence-corrected chi connectivity index (χ1v) is 8.92. The summed E-state index contributed by atoms with van der Waals surface area (Å²) >= 11 is 1.60. The Morgan fingerprint density at radius 1 is 1.20 bits per heavy atom. The normalized spacial score (nSPS) is 10.8. The molecule has 0 fully saturated rings. The van der Waals surface area contributed by atoms with E-state index in [0.29, 0.717) is 18.9 Å². The molecule has 0 saturated heterocycles. The molecule has 0 spiro atoms. The van der Waals surface area contributed by atoms with Gasteiger partial charge in [0.05, 0.1) is 6.54 Å². The molecule has 0 radical (unpaired) electrons. The van der Waals surface area contributed by atoms with Crippen molar-refractivity contribution in [1.82, 2.24) is 19.2 Å². The molecule has 7 heteroatoms. The second-order valence-corrected chi connectivity index (χ2v) is 6.72. The Balaban J connectivity index is 1.71. The summed E-state index contributed by atoms with van der Waals surface area (Å²) in [7, 11) is 1.73. The van der Waals surface area contributed by atoms with Gasteiger partial charge >= 0.3 is 5.69 Å². The second-order valence-electron chi connectivity index (χ2n) is 5.94. The van der Waals surface area contributed by atoms with E-state index in [4.69, 9.17) is 0 Å². The molecule has 25 heavy (non-hydrogen) atoms. The first kappa shape index (κ1) is 17.2. The Labute approximate surface area is 149 Å². The number of amides is 1. The fourth-order valence-corrected chi connectivity index (χ4v) is 3.25. The third-order valence-electron chi connectivity index (χ3n) is 4.00. The minimum Gasteiger partial charge on any atom is -0.340 e.